The molecule has 2 unspecified atom stereocenters. The molecule has 1 aromatic rings. The lowest BCUT2D eigenvalue weighted by atomic mass is 9.88. The maximum Gasteiger partial charge on any atom is 0.0443 e. The van der Waals surface area contributed by atoms with Crippen molar-refractivity contribution in [3.63, 3.8) is 0 Å². The Labute approximate surface area is 120 Å². The normalized spacial score (nSPS) is 24.6. The van der Waals surface area contributed by atoms with E-state index >= 15 is 0 Å². The monoisotopic (exact) mass is 282 g/mol. The Morgan fingerprint density at radius 1 is 1.42 bits per heavy atom. The van der Waals surface area contributed by atoms with Crippen molar-refractivity contribution in [1.82, 2.24) is 10.2 Å². The second-order valence-corrected chi connectivity index (χ2v) is 5.87. The maximum atomic E-state index is 8.84. The minimum atomic E-state index is 0.257. The number of rotatable bonds is 5. The number of nitrogens with zero attached hydrogens (tertiary/aromatic N) is 1. The number of hydrogen-bond acceptors (Lipinski definition) is 3. The van der Waals surface area contributed by atoms with E-state index in [1.807, 2.05) is 12.1 Å². The lowest BCUT2D eigenvalue weighted by molar-refractivity contribution is 0.200. The number of likely N-dealkylation sites (tertiary alicyclic amines) is 1. The molecule has 0 bridgehead atoms. The molecule has 0 radical (unpaired) electrons. The van der Waals surface area contributed by atoms with Gasteiger partial charge in [-0.05, 0) is 50.0 Å². The highest BCUT2D eigenvalue weighted by Crippen LogP contribution is 2.28. The Hall–Kier alpha value is -0.610. The smallest absolute Gasteiger partial charge is 0.0443 e. The number of aliphatic hydroxyl groups excluding tert-OH is 1. The highest BCUT2D eigenvalue weighted by atomic mass is 35.5. The van der Waals surface area contributed by atoms with Gasteiger partial charge in [-0.15, -0.1) is 0 Å². The molecule has 4 heteroatoms. The molecular formula is C15H23ClN2O. The zero-order valence-electron chi connectivity index (χ0n) is 11.5. The molecule has 0 aromatic heterocycles. The Morgan fingerprint density at radius 3 is 3.00 bits per heavy atom. The molecule has 1 aromatic carbocycles. The van der Waals surface area contributed by atoms with E-state index in [1.165, 1.54) is 5.56 Å². The largest absolute Gasteiger partial charge is 0.396 e. The first kappa shape index (κ1) is 14.8. The van der Waals surface area contributed by atoms with Gasteiger partial charge in [-0.1, -0.05) is 23.7 Å². The van der Waals surface area contributed by atoms with Gasteiger partial charge in [-0.2, -0.15) is 0 Å². The van der Waals surface area contributed by atoms with Crippen molar-refractivity contribution in [2.24, 2.45) is 0 Å². The molecule has 1 saturated heterocycles. The first-order valence-corrected chi connectivity index (χ1v) is 7.35. The van der Waals surface area contributed by atoms with Crippen LogP contribution in [0.2, 0.25) is 5.02 Å². The summed E-state index contributed by atoms with van der Waals surface area (Å²) in [5, 5.41) is 13.2. The van der Waals surface area contributed by atoms with E-state index in [4.69, 9.17) is 16.7 Å². The molecule has 0 saturated carbocycles. The average molecular weight is 283 g/mol. The van der Waals surface area contributed by atoms with Gasteiger partial charge in [-0.25, -0.2) is 0 Å². The summed E-state index contributed by atoms with van der Waals surface area (Å²) < 4.78 is 0. The third-order valence-corrected chi connectivity index (χ3v) is 3.96. The quantitative estimate of drug-likeness (QED) is 0.812. The van der Waals surface area contributed by atoms with E-state index in [-0.39, 0.29) is 6.61 Å². The number of benzene rings is 1. The van der Waals surface area contributed by atoms with Gasteiger partial charge in [0.2, 0.25) is 0 Å². The van der Waals surface area contributed by atoms with Crippen LogP contribution in [0.4, 0.5) is 0 Å². The molecule has 2 rings (SSSR count). The summed E-state index contributed by atoms with van der Waals surface area (Å²) in [6, 6.07) is 8.69. The topological polar surface area (TPSA) is 35.5 Å². The molecule has 19 heavy (non-hydrogen) atoms. The molecule has 2 atom stereocenters. The predicted octanol–water partition coefficient (Wildman–Crippen LogP) is 2.10. The second kappa shape index (κ2) is 7.25. The van der Waals surface area contributed by atoms with Gasteiger partial charge in [0.05, 0.1) is 0 Å². The van der Waals surface area contributed by atoms with Gasteiger partial charge in [0, 0.05) is 30.8 Å². The Kier molecular flexibility index (Phi) is 5.64. The average Bonchev–Trinajstić information content (AvgIpc) is 2.38. The zero-order valence-corrected chi connectivity index (χ0v) is 12.2. The fraction of sp³-hybridized carbons (Fsp3) is 0.600. The van der Waals surface area contributed by atoms with Crippen molar-refractivity contribution in [2.45, 2.75) is 24.8 Å². The predicted molar refractivity (Wildman–Crippen MR) is 79.8 cm³/mol. The van der Waals surface area contributed by atoms with Crippen LogP contribution in [-0.2, 0) is 0 Å². The first-order valence-electron chi connectivity index (χ1n) is 6.97. The molecule has 1 aliphatic rings. The molecule has 3 nitrogen and oxygen atoms in total. The highest BCUT2D eigenvalue weighted by molar-refractivity contribution is 6.30. The third-order valence-electron chi connectivity index (χ3n) is 3.72. The maximum absolute atomic E-state index is 8.84. The van der Waals surface area contributed by atoms with Crippen molar-refractivity contribution in [3.8, 4) is 0 Å². The van der Waals surface area contributed by atoms with E-state index in [0.717, 1.165) is 37.5 Å². The van der Waals surface area contributed by atoms with E-state index in [9.17, 15) is 0 Å². The number of likely N-dealkylation sites (N-methyl/N-ethyl adjacent to an activating group) is 1. The number of halogens is 1. The van der Waals surface area contributed by atoms with E-state index in [2.05, 4.69) is 29.4 Å². The number of aliphatic hydroxyl groups is 1. The van der Waals surface area contributed by atoms with Gasteiger partial charge in [0.25, 0.3) is 0 Å². The zero-order chi connectivity index (χ0) is 13.7. The molecular weight excluding hydrogens is 260 g/mol. The highest BCUT2D eigenvalue weighted by Gasteiger charge is 2.25. The van der Waals surface area contributed by atoms with Crippen LogP contribution in [0, 0.1) is 0 Å². The van der Waals surface area contributed by atoms with Crippen molar-refractivity contribution < 1.29 is 5.11 Å². The van der Waals surface area contributed by atoms with Crippen LogP contribution in [0.1, 0.15) is 24.3 Å². The molecule has 1 heterocycles. The number of hydrogen-bond donors (Lipinski definition) is 2. The minimum Gasteiger partial charge on any atom is -0.396 e. The number of nitrogens with one attached hydrogen (secondary N) is 1. The molecule has 0 aliphatic carbocycles. The SMILES string of the molecule is CN1CC(NCCCO)CC(c2cccc(Cl)c2)C1. The fourth-order valence-corrected chi connectivity index (χ4v) is 3.05. The second-order valence-electron chi connectivity index (χ2n) is 5.44. The lowest BCUT2D eigenvalue weighted by Crippen LogP contribution is -2.47. The van der Waals surface area contributed by atoms with Crippen LogP contribution in [0.15, 0.2) is 24.3 Å². The standard InChI is InChI=1S/C15H23ClN2O/c1-18-10-13(12-4-2-5-14(16)8-12)9-15(11-18)17-6-3-7-19/h2,4-5,8,13,15,17,19H,3,6-7,9-11H2,1H3. The molecule has 2 N–H and O–H groups in total. The summed E-state index contributed by atoms with van der Waals surface area (Å²) in [7, 11) is 2.16. The minimum absolute atomic E-state index is 0.257. The van der Waals surface area contributed by atoms with E-state index in [0.29, 0.717) is 12.0 Å². The van der Waals surface area contributed by atoms with Crippen LogP contribution in [0.5, 0.6) is 0 Å². The van der Waals surface area contributed by atoms with Crippen LogP contribution >= 0.6 is 11.6 Å². The van der Waals surface area contributed by atoms with Gasteiger partial charge < -0.3 is 15.3 Å². The van der Waals surface area contributed by atoms with Crippen LogP contribution in [0.3, 0.4) is 0 Å². The van der Waals surface area contributed by atoms with Gasteiger partial charge in [-0.3, -0.25) is 0 Å². The third kappa shape index (κ3) is 4.46. The summed E-state index contributed by atoms with van der Waals surface area (Å²) in [5.41, 5.74) is 1.33. The molecule has 1 aliphatic heterocycles. The summed E-state index contributed by atoms with van der Waals surface area (Å²) in [6.07, 6.45) is 1.96. The Balaban J connectivity index is 1.97. The molecule has 1 fully saturated rings. The van der Waals surface area contributed by atoms with Crippen molar-refractivity contribution >= 4 is 11.6 Å². The van der Waals surface area contributed by atoms with E-state index in [1.54, 1.807) is 0 Å². The molecule has 0 amide bonds. The number of piperidine rings is 1. The van der Waals surface area contributed by atoms with Gasteiger partial charge in [0.15, 0.2) is 0 Å². The van der Waals surface area contributed by atoms with Crippen LogP contribution in [0.25, 0.3) is 0 Å². The molecule has 0 spiro atoms. The summed E-state index contributed by atoms with van der Waals surface area (Å²) >= 11 is 6.08. The Morgan fingerprint density at radius 2 is 2.26 bits per heavy atom. The van der Waals surface area contributed by atoms with Gasteiger partial charge in [0.1, 0.15) is 0 Å². The summed E-state index contributed by atoms with van der Waals surface area (Å²) in [6.45, 7) is 3.30. The van der Waals surface area contributed by atoms with Crippen molar-refractivity contribution in [2.75, 3.05) is 33.3 Å². The van der Waals surface area contributed by atoms with Crippen molar-refractivity contribution in [1.29, 1.82) is 0 Å². The van der Waals surface area contributed by atoms with Gasteiger partial charge >= 0.3 is 0 Å². The fourth-order valence-electron chi connectivity index (χ4n) is 2.85. The molecule has 106 valence electrons. The summed E-state index contributed by atoms with van der Waals surface area (Å²) in [5.74, 6) is 0.532. The van der Waals surface area contributed by atoms with Crippen molar-refractivity contribution in [3.05, 3.63) is 34.9 Å². The Bertz CT molecular complexity index is 399. The van der Waals surface area contributed by atoms with E-state index < -0.39 is 0 Å². The summed E-state index contributed by atoms with van der Waals surface area (Å²) in [4.78, 5) is 2.37. The van der Waals surface area contributed by atoms with Crippen LogP contribution < -0.4 is 5.32 Å². The first-order chi connectivity index (χ1) is 9.19. The van der Waals surface area contributed by atoms with Crippen LogP contribution in [-0.4, -0.2) is 49.3 Å². The lowest BCUT2D eigenvalue weighted by Gasteiger charge is -2.36.